The highest BCUT2D eigenvalue weighted by molar-refractivity contribution is 5.62. The van der Waals surface area contributed by atoms with Gasteiger partial charge in [-0.05, 0) is 51.4 Å². The van der Waals surface area contributed by atoms with E-state index in [-0.39, 0.29) is 6.04 Å². The fourth-order valence-electron chi connectivity index (χ4n) is 4.44. The lowest BCUT2D eigenvalue weighted by molar-refractivity contribution is 0.183. The van der Waals surface area contributed by atoms with Crippen LogP contribution < -0.4 is 9.47 Å². The summed E-state index contributed by atoms with van der Waals surface area (Å²) in [6, 6.07) is 8.11. The third-order valence-corrected chi connectivity index (χ3v) is 6.28. The van der Waals surface area contributed by atoms with Crippen molar-refractivity contribution in [3.63, 3.8) is 0 Å². The Morgan fingerprint density at radius 3 is 2.68 bits per heavy atom. The molecule has 3 aromatic rings. The summed E-state index contributed by atoms with van der Waals surface area (Å²) >= 11 is 0. The molecule has 1 unspecified atom stereocenters. The van der Waals surface area contributed by atoms with Crippen LogP contribution in [0.25, 0.3) is 11.3 Å². The number of likely N-dealkylation sites (tertiary alicyclic amines) is 1. The second-order valence-electron chi connectivity index (χ2n) is 8.09. The quantitative estimate of drug-likeness (QED) is 0.532. The first-order valence-electron chi connectivity index (χ1n) is 11.1. The predicted octanol–water partition coefficient (Wildman–Crippen LogP) is 5.00. The Hall–Kier alpha value is -2.80. The van der Waals surface area contributed by atoms with Gasteiger partial charge in [-0.3, -0.25) is 9.58 Å². The maximum Gasteiger partial charge on any atom is 0.167 e. The molecular formula is C24H32N4O3. The van der Waals surface area contributed by atoms with Gasteiger partial charge >= 0.3 is 0 Å². The van der Waals surface area contributed by atoms with Crippen LogP contribution in [-0.4, -0.2) is 40.6 Å². The first-order chi connectivity index (χ1) is 15.1. The summed E-state index contributed by atoms with van der Waals surface area (Å²) in [5.41, 5.74) is 4.46. The van der Waals surface area contributed by atoms with Gasteiger partial charge in [0.15, 0.2) is 17.3 Å². The van der Waals surface area contributed by atoms with E-state index in [1.807, 2.05) is 24.4 Å². The first-order valence-corrected chi connectivity index (χ1v) is 11.1. The summed E-state index contributed by atoms with van der Waals surface area (Å²) in [6.07, 6.45) is 6.75. The molecule has 4 rings (SSSR count). The Morgan fingerprint density at radius 1 is 1.10 bits per heavy atom. The van der Waals surface area contributed by atoms with Gasteiger partial charge in [-0.15, -0.1) is 0 Å². The van der Waals surface area contributed by atoms with Gasteiger partial charge < -0.3 is 14.0 Å². The van der Waals surface area contributed by atoms with E-state index >= 15 is 0 Å². The van der Waals surface area contributed by atoms with Gasteiger partial charge in [-0.25, -0.2) is 0 Å². The van der Waals surface area contributed by atoms with Crippen LogP contribution in [0.2, 0.25) is 0 Å². The largest absolute Gasteiger partial charge is 0.493 e. The number of nitrogens with zero attached hydrogens (tertiary/aromatic N) is 4. The predicted molar refractivity (Wildman–Crippen MR) is 119 cm³/mol. The fraction of sp³-hybridized carbons (Fsp3) is 0.500. The molecule has 1 aliphatic heterocycles. The molecule has 166 valence electrons. The minimum absolute atomic E-state index is 0.240. The van der Waals surface area contributed by atoms with E-state index in [1.54, 1.807) is 14.2 Å². The fourth-order valence-corrected chi connectivity index (χ4v) is 4.44. The Bertz CT molecular complexity index is 1010. The number of aromatic nitrogens is 3. The summed E-state index contributed by atoms with van der Waals surface area (Å²) in [5.74, 6) is 2.12. The number of hydrogen-bond acceptors (Lipinski definition) is 6. The maximum atomic E-state index is 5.77. The highest BCUT2D eigenvalue weighted by Gasteiger charge is 2.27. The molecule has 0 saturated carbocycles. The number of ether oxygens (including phenoxy) is 2. The lowest BCUT2D eigenvalue weighted by Crippen LogP contribution is -2.28. The van der Waals surface area contributed by atoms with Crippen LogP contribution in [0.4, 0.5) is 0 Å². The van der Waals surface area contributed by atoms with Crippen molar-refractivity contribution < 1.29 is 14.0 Å². The van der Waals surface area contributed by atoms with Gasteiger partial charge in [0.1, 0.15) is 5.69 Å². The average molecular weight is 425 g/mol. The minimum atomic E-state index is 0.240. The Kier molecular flexibility index (Phi) is 6.61. The molecule has 0 N–H and O–H groups in total. The SMILES string of the molecule is CCn1ncc(CN2CCCCCC2c2cc(-c3ccc(OC)c(OC)c3)on2)c1C. The number of benzene rings is 1. The molecule has 0 bridgehead atoms. The van der Waals surface area contributed by atoms with Crippen LogP contribution in [0, 0.1) is 6.92 Å². The van der Waals surface area contributed by atoms with E-state index in [1.165, 1.54) is 30.5 Å². The van der Waals surface area contributed by atoms with Crippen molar-refractivity contribution in [2.45, 2.75) is 58.7 Å². The van der Waals surface area contributed by atoms with Crippen LogP contribution >= 0.6 is 0 Å². The van der Waals surface area contributed by atoms with Crippen LogP contribution in [-0.2, 0) is 13.1 Å². The standard InChI is InChI=1S/C24H32N4O3/c1-5-28-17(2)19(15-25-28)16-27-12-8-6-7-9-21(27)20-14-23(31-26-20)18-10-11-22(29-3)24(13-18)30-4/h10-11,13-15,21H,5-9,12,16H2,1-4H3. The van der Waals surface area contributed by atoms with Gasteiger partial charge in [0, 0.05) is 36.0 Å². The molecule has 1 aromatic carbocycles. The van der Waals surface area contributed by atoms with Crippen molar-refractivity contribution in [1.82, 2.24) is 19.8 Å². The molecule has 0 spiro atoms. The molecule has 1 atom stereocenters. The summed E-state index contributed by atoms with van der Waals surface area (Å²) in [7, 11) is 3.27. The van der Waals surface area contributed by atoms with Gasteiger partial charge in [0.2, 0.25) is 0 Å². The lowest BCUT2D eigenvalue weighted by Gasteiger charge is -2.28. The van der Waals surface area contributed by atoms with E-state index in [0.29, 0.717) is 11.5 Å². The summed E-state index contributed by atoms with van der Waals surface area (Å²) in [5, 5.41) is 9.01. The third-order valence-electron chi connectivity index (χ3n) is 6.28. The van der Waals surface area contributed by atoms with Crippen LogP contribution in [0.5, 0.6) is 11.5 Å². The van der Waals surface area contributed by atoms with Crippen LogP contribution in [0.15, 0.2) is 35.0 Å². The Balaban J connectivity index is 1.59. The topological polar surface area (TPSA) is 65.6 Å². The summed E-state index contributed by atoms with van der Waals surface area (Å²) in [4.78, 5) is 2.53. The van der Waals surface area contributed by atoms with E-state index in [9.17, 15) is 0 Å². The first kappa shape index (κ1) is 21.4. The molecule has 1 fully saturated rings. The molecule has 7 heteroatoms. The van der Waals surface area contributed by atoms with E-state index in [0.717, 1.165) is 43.1 Å². The smallest absolute Gasteiger partial charge is 0.167 e. The van der Waals surface area contributed by atoms with Gasteiger partial charge in [0.25, 0.3) is 0 Å². The second-order valence-corrected chi connectivity index (χ2v) is 8.09. The zero-order valence-electron chi connectivity index (χ0n) is 18.9. The third kappa shape index (κ3) is 4.46. The summed E-state index contributed by atoms with van der Waals surface area (Å²) in [6.45, 7) is 7.12. The molecule has 0 amide bonds. The van der Waals surface area contributed by atoms with Crippen molar-refractivity contribution in [2.75, 3.05) is 20.8 Å². The number of aryl methyl sites for hydroxylation is 1. The highest BCUT2D eigenvalue weighted by atomic mass is 16.5. The summed E-state index contributed by atoms with van der Waals surface area (Å²) < 4.78 is 18.6. The lowest BCUT2D eigenvalue weighted by atomic mass is 10.0. The van der Waals surface area contributed by atoms with Crippen molar-refractivity contribution in [3.05, 3.63) is 47.4 Å². The van der Waals surface area contributed by atoms with Gasteiger partial charge in [-0.1, -0.05) is 18.0 Å². The van der Waals surface area contributed by atoms with Crippen molar-refractivity contribution in [3.8, 4) is 22.8 Å². The van der Waals surface area contributed by atoms with E-state index in [4.69, 9.17) is 14.0 Å². The number of hydrogen-bond donors (Lipinski definition) is 0. The molecular weight excluding hydrogens is 392 g/mol. The van der Waals surface area contributed by atoms with Crippen LogP contribution in [0.3, 0.4) is 0 Å². The normalized spacial score (nSPS) is 17.5. The van der Waals surface area contributed by atoms with Gasteiger partial charge in [-0.2, -0.15) is 5.10 Å². The zero-order chi connectivity index (χ0) is 21.8. The molecule has 31 heavy (non-hydrogen) atoms. The molecule has 0 aliphatic carbocycles. The monoisotopic (exact) mass is 424 g/mol. The highest BCUT2D eigenvalue weighted by Crippen LogP contribution is 2.36. The van der Waals surface area contributed by atoms with Gasteiger partial charge in [0.05, 0.1) is 26.5 Å². The average Bonchev–Trinajstić information content (AvgIpc) is 3.35. The molecule has 1 saturated heterocycles. The molecule has 7 nitrogen and oxygen atoms in total. The van der Waals surface area contributed by atoms with Crippen LogP contribution in [0.1, 0.15) is 55.6 Å². The Morgan fingerprint density at radius 2 is 1.94 bits per heavy atom. The van der Waals surface area contributed by atoms with Crippen molar-refractivity contribution in [2.24, 2.45) is 0 Å². The van der Waals surface area contributed by atoms with E-state index in [2.05, 4.69) is 39.8 Å². The minimum Gasteiger partial charge on any atom is -0.493 e. The zero-order valence-corrected chi connectivity index (χ0v) is 18.9. The molecule has 1 aliphatic rings. The molecule has 2 aromatic heterocycles. The Labute approximate surface area is 183 Å². The number of rotatable bonds is 7. The molecule has 3 heterocycles. The van der Waals surface area contributed by atoms with E-state index < -0.39 is 0 Å². The maximum absolute atomic E-state index is 5.77. The molecule has 0 radical (unpaired) electrons. The van der Waals surface area contributed by atoms with Crippen molar-refractivity contribution in [1.29, 1.82) is 0 Å². The second kappa shape index (κ2) is 9.56. The van der Waals surface area contributed by atoms with Crippen molar-refractivity contribution >= 4 is 0 Å². The number of methoxy groups -OCH3 is 2.